The molecule has 0 aliphatic carbocycles. The first kappa shape index (κ1) is 18.9. The lowest BCUT2D eigenvalue weighted by molar-refractivity contribution is -0.118. The van der Waals surface area contributed by atoms with Gasteiger partial charge in [0.2, 0.25) is 5.91 Å². The maximum absolute atomic E-state index is 12.4. The fourth-order valence-corrected chi connectivity index (χ4v) is 4.04. The standard InChI is InChI=1S/C17H22N6OS2/c1-11(2)10-23-14(13-4-6-18-7-5-13)21-22-17(23)26-12(3)15(24)20-16-19-8-9-25-16/h4-7,11-12H,8-10H2,1-3H3,(H,19,20,24)/t12-/m1/s1. The lowest BCUT2D eigenvalue weighted by Crippen LogP contribution is -2.34. The number of hydrogen-bond donors (Lipinski definition) is 1. The first-order valence-corrected chi connectivity index (χ1v) is 10.4. The van der Waals surface area contributed by atoms with E-state index in [9.17, 15) is 4.79 Å². The van der Waals surface area contributed by atoms with Crippen molar-refractivity contribution in [3.05, 3.63) is 24.5 Å². The summed E-state index contributed by atoms with van der Waals surface area (Å²) in [5, 5.41) is 12.7. The molecule has 3 rings (SSSR count). The highest BCUT2D eigenvalue weighted by Gasteiger charge is 2.22. The van der Waals surface area contributed by atoms with Gasteiger partial charge in [0.15, 0.2) is 16.1 Å². The van der Waals surface area contributed by atoms with Gasteiger partial charge < -0.3 is 9.88 Å². The number of nitrogens with zero attached hydrogens (tertiary/aromatic N) is 5. The van der Waals surface area contributed by atoms with Crippen LogP contribution in [0, 0.1) is 5.92 Å². The molecule has 0 aromatic carbocycles. The van der Waals surface area contributed by atoms with Crippen LogP contribution in [-0.4, -0.2) is 48.4 Å². The van der Waals surface area contributed by atoms with Gasteiger partial charge in [-0.2, -0.15) is 0 Å². The van der Waals surface area contributed by atoms with Crippen molar-refractivity contribution in [1.29, 1.82) is 0 Å². The Morgan fingerprint density at radius 3 is 2.73 bits per heavy atom. The Labute approximate surface area is 161 Å². The SMILES string of the molecule is CC(C)Cn1c(S[C@H](C)C(=O)NC2=NCCS2)nnc1-c1ccncc1. The summed E-state index contributed by atoms with van der Waals surface area (Å²) < 4.78 is 2.08. The molecule has 2 aromatic rings. The minimum atomic E-state index is -0.292. The molecule has 7 nitrogen and oxygen atoms in total. The Morgan fingerprint density at radius 1 is 1.31 bits per heavy atom. The minimum absolute atomic E-state index is 0.0623. The predicted octanol–water partition coefficient (Wildman–Crippen LogP) is 2.70. The summed E-state index contributed by atoms with van der Waals surface area (Å²) in [6, 6.07) is 3.84. The van der Waals surface area contributed by atoms with Crippen LogP contribution in [0.5, 0.6) is 0 Å². The van der Waals surface area contributed by atoms with E-state index in [-0.39, 0.29) is 11.2 Å². The van der Waals surface area contributed by atoms with Crippen LogP contribution in [0.3, 0.4) is 0 Å². The van der Waals surface area contributed by atoms with Gasteiger partial charge in [-0.1, -0.05) is 37.4 Å². The Hall–Kier alpha value is -1.87. The maximum Gasteiger partial charge on any atom is 0.239 e. The van der Waals surface area contributed by atoms with Crippen molar-refractivity contribution in [2.24, 2.45) is 10.9 Å². The van der Waals surface area contributed by atoms with E-state index < -0.39 is 0 Å². The first-order chi connectivity index (χ1) is 12.5. The number of amides is 1. The molecule has 0 spiro atoms. The van der Waals surface area contributed by atoms with Gasteiger partial charge in [0.1, 0.15) is 0 Å². The Kier molecular flexibility index (Phi) is 6.31. The number of rotatable bonds is 6. The quantitative estimate of drug-likeness (QED) is 0.764. The topological polar surface area (TPSA) is 85.1 Å². The molecule has 0 radical (unpaired) electrons. The lowest BCUT2D eigenvalue weighted by Gasteiger charge is -2.15. The van der Waals surface area contributed by atoms with Crippen molar-refractivity contribution in [2.75, 3.05) is 12.3 Å². The molecule has 3 heterocycles. The molecule has 1 atom stereocenters. The molecule has 2 aromatic heterocycles. The number of pyridine rings is 1. The second kappa shape index (κ2) is 8.68. The molecule has 0 fully saturated rings. The molecule has 0 saturated carbocycles. The number of nitrogens with one attached hydrogen (secondary N) is 1. The highest BCUT2D eigenvalue weighted by molar-refractivity contribution is 8.14. The normalized spacial score (nSPS) is 15.2. The molecule has 1 aliphatic heterocycles. The molecule has 0 bridgehead atoms. The summed E-state index contributed by atoms with van der Waals surface area (Å²) in [5.41, 5.74) is 0.966. The van der Waals surface area contributed by atoms with Crippen molar-refractivity contribution >= 4 is 34.6 Å². The summed E-state index contributed by atoms with van der Waals surface area (Å²) >= 11 is 2.99. The van der Waals surface area contributed by atoms with Gasteiger partial charge in [-0.15, -0.1) is 10.2 Å². The number of carbonyl (C=O) groups is 1. The fraction of sp³-hybridized carbons (Fsp3) is 0.471. The highest BCUT2D eigenvalue weighted by Crippen LogP contribution is 2.27. The van der Waals surface area contributed by atoms with Gasteiger partial charge in [-0.3, -0.25) is 14.8 Å². The second-order valence-electron chi connectivity index (χ2n) is 6.33. The molecule has 1 aliphatic rings. The zero-order valence-electron chi connectivity index (χ0n) is 15.0. The summed E-state index contributed by atoms with van der Waals surface area (Å²) in [5.74, 6) is 2.09. The third-order valence-electron chi connectivity index (χ3n) is 3.67. The van der Waals surface area contributed by atoms with Crippen LogP contribution in [0.15, 0.2) is 34.7 Å². The fourth-order valence-electron chi connectivity index (χ4n) is 2.45. The number of aliphatic imine (C=N–C) groups is 1. The smallest absolute Gasteiger partial charge is 0.239 e. The van der Waals surface area contributed by atoms with Gasteiger partial charge in [-0.05, 0) is 25.0 Å². The van der Waals surface area contributed by atoms with E-state index in [0.29, 0.717) is 11.1 Å². The average molecular weight is 391 g/mol. The van der Waals surface area contributed by atoms with Gasteiger partial charge in [-0.25, -0.2) is 0 Å². The summed E-state index contributed by atoms with van der Waals surface area (Å²) in [7, 11) is 0. The van der Waals surface area contributed by atoms with Crippen LogP contribution in [0.1, 0.15) is 20.8 Å². The van der Waals surface area contributed by atoms with Crippen molar-refractivity contribution in [3.8, 4) is 11.4 Å². The maximum atomic E-state index is 12.4. The van der Waals surface area contributed by atoms with Crippen LogP contribution >= 0.6 is 23.5 Å². The van der Waals surface area contributed by atoms with E-state index in [0.717, 1.165) is 35.4 Å². The van der Waals surface area contributed by atoms with E-state index in [2.05, 4.69) is 43.9 Å². The van der Waals surface area contributed by atoms with Crippen LogP contribution in [0.25, 0.3) is 11.4 Å². The molecule has 1 N–H and O–H groups in total. The highest BCUT2D eigenvalue weighted by atomic mass is 32.2. The predicted molar refractivity (Wildman–Crippen MR) is 106 cm³/mol. The Balaban J connectivity index is 1.78. The van der Waals surface area contributed by atoms with Crippen molar-refractivity contribution in [3.63, 3.8) is 0 Å². The lowest BCUT2D eigenvalue weighted by atomic mass is 10.2. The van der Waals surface area contributed by atoms with E-state index in [1.807, 2.05) is 19.1 Å². The third kappa shape index (κ3) is 4.64. The Morgan fingerprint density at radius 2 is 2.08 bits per heavy atom. The molecule has 0 unspecified atom stereocenters. The number of amidine groups is 1. The molecular weight excluding hydrogens is 368 g/mol. The van der Waals surface area contributed by atoms with Crippen molar-refractivity contribution in [1.82, 2.24) is 25.1 Å². The zero-order chi connectivity index (χ0) is 18.5. The van der Waals surface area contributed by atoms with Crippen LogP contribution in [0.4, 0.5) is 0 Å². The second-order valence-corrected chi connectivity index (χ2v) is 8.72. The molecule has 138 valence electrons. The monoisotopic (exact) mass is 390 g/mol. The van der Waals surface area contributed by atoms with E-state index in [1.165, 1.54) is 11.8 Å². The van der Waals surface area contributed by atoms with Crippen LogP contribution in [0.2, 0.25) is 0 Å². The molecular formula is C17H22N6OS2. The molecule has 9 heteroatoms. The summed E-state index contributed by atoms with van der Waals surface area (Å²) in [6.07, 6.45) is 3.49. The van der Waals surface area contributed by atoms with E-state index >= 15 is 0 Å². The zero-order valence-corrected chi connectivity index (χ0v) is 16.7. The average Bonchev–Trinajstić information content (AvgIpc) is 3.26. The number of aromatic nitrogens is 4. The van der Waals surface area contributed by atoms with E-state index in [4.69, 9.17) is 0 Å². The van der Waals surface area contributed by atoms with Gasteiger partial charge in [0.05, 0.1) is 11.8 Å². The summed E-state index contributed by atoms with van der Waals surface area (Å²) in [4.78, 5) is 20.7. The van der Waals surface area contributed by atoms with Crippen LogP contribution in [-0.2, 0) is 11.3 Å². The minimum Gasteiger partial charge on any atom is -0.304 e. The first-order valence-electron chi connectivity index (χ1n) is 8.53. The van der Waals surface area contributed by atoms with Gasteiger partial charge in [0, 0.05) is 30.3 Å². The molecule has 26 heavy (non-hydrogen) atoms. The van der Waals surface area contributed by atoms with E-state index in [1.54, 1.807) is 24.2 Å². The molecule has 1 amide bonds. The third-order valence-corrected chi connectivity index (χ3v) is 5.64. The van der Waals surface area contributed by atoms with Crippen molar-refractivity contribution < 1.29 is 4.79 Å². The molecule has 0 saturated heterocycles. The number of carbonyl (C=O) groups excluding carboxylic acids is 1. The van der Waals surface area contributed by atoms with Gasteiger partial charge >= 0.3 is 0 Å². The Bertz CT molecular complexity index is 790. The number of hydrogen-bond acceptors (Lipinski definition) is 7. The van der Waals surface area contributed by atoms with Crippen molar-refractivity contribution in [2.45, 2.75) is 37.7 Å². The van der Waals surface area contributed by atoms with Crippen LogP contribution < -0.4 is 5.32 Å². The number of thioether (sulfide) groups is 2. The van der Waals surface area contributed by atoms with Gasteiger partial charge in [0.25, 0.3) is 0 Å². The summed E-state index contributed by atoms with van der Waals surface area (Å²) in [6.45, 7) is 7.72. The largest absolute Gasteiger partial charge is 0.304 e.